The average molecular weight is 556 g/mol. The monoisotopic (exact) mass is 555 g/mol. The number of thiophene rings is 1. The van der Waals surface area contributed by atoms with Gasteiger partial charge in [0.05, 0.1) is 11.2 Å². The van der Waals surface area contributed by atoms with E-state index in [1.807, 2.05) is 91.0 Å². The maximum Gasteiger partial charge on any atom is 0.291 e. The Morgan fingerprint density at radius 3 is 2.58 bits per heavy atom. The molecule has 0 amide bonds. The Morgan fingerprint density at radius 1 is 0.895 bits per heavy atom. The highest BCUT2D eigenvalue weighted by Crippen LogP contribution is 2.27. The van der Waals surface area contributed by atoms with Crippen LogP contribution in [0.5, 0.6) is 0 Å². The van der Waals surface area contributed by atoms with Gasteiger partial charge in [-0.05, 0) is 70.1 Å². The van der Waals surface area contributed by atoms with E-state index in [0.29, 0.717) is 5.02 Å². The van der Waals surface area contributed by atoms with E-state index < -0.39 is 15.9 Å². The second-order valence-electron chi connectivity index (χ2n) is 8.29. The molecule has 2 heterocycles. The molecule has 188 valence electrons. The van der Waals surface area contributed by atoms with Crippen LogP contribution in [0, 0.1) is 0 Å². The molecule has 0 bridgehead atoms. The molecule has 0 radical (unpaired) electrons. The number of nitrogens with zero attached hydrogens (tertiary/aromatic N) is 2. The third-order valence-corrected chi connectivity index (χ3v) is 8.53. The van der Waals surface area contributed by atoms with Crippen LogP contribution in [-0.4, -0.2) is 19.3 Å². The molecule has 0 unspecified atom stereocenters. The van der Waals surface area contributed by atoms with Gasteiger partial charge in [0.15, 0.2) is 0 Å². The predicted molar refractivity (Wildman–Crippen MR) is 156 cm³/mol. The molecule has 5 rings (SSSR count). The van der Waals surface area contributed by atoms with Gasteiger partial charge in [-0.1, -0.05) is 84.4 Å². The summed E-state index contributed by atoms with van der Waals surface area (Å²) in [7, 11) is -4.01. The van der Waals surface area contributed by atoms with Crippen LogP contribution in [0.4, 0.5) is 0 Å². The molecular weight excluding hydrogens is 536 g/mol. The number of hydrogen-bond donors (Lipinski definition) is 0. The summed E-state index contributed by atoms with van der Waals surface area (Å²) in [6.07, 6.45) is 6.68. The van der Waals surface area contributed by atoms with Crippen LogP contribution < -0.4 is 5.11 Å². The lowest BCUT2D eigenvalue weighted by atomic mass is 9.97. The minimum absolute atomic E-state index is 0.0345. The second-order valence-corrected chi connectivity index (χ2v) is 11.5. The molecule has 5 nitrogen and oxygen atoms in total. The van der Waals surface area contributed by atoms with Crippen LogP contribution in [0.25, 0.3) is 40.3 Å². The number of rotatable bonds is 7. The first-order valence-corrected chi connectivity index (χ1v) is 14.2. The first-order valence-electron chi connectivity index (χ1n) is 11.5. The van der Waals surface area contributed by atoms with Crippen LogP contribution in [0.3, 0.4) is 0 Å². The SMILES string of the molecule is O=S(=O)(/N=C([O-])\C=C\c1ccccc1-c1cccc(/C=C/c2ccc3ccc(Cl)cc3n2)c1)c1cccs1. The highest BCUT2D eigenvalue weighted by molar-refractivity contribution is 7.92. The van der Waals surface area contributed by atoms with Crippen molar-refractivity contribution in [1.29, 1.82) is 0 Å². The smallest absolute Gasteiger partial charge is 0.291 e. The number of benzene rings is 3. The third kappa shape index (κ3) is 6.08. The van der Waals surface area contributed by atoms with E-state index in [1.54, 1.807) is 17.5 Å². The van der Waals surface area contributed by atoms with Crippen molar-refractivity contribution >= 4 is 68.0 Å². The molecule has 0 spiro atoms. The Balaban J connectivity index is 1.39. The zero-order valence-electron chi connectivity index (χ0n) is 19.9. The number of halogens is 1. The van der Waals surface area contributed by atoms with E-state index in [4.69, 9.17) is 11.6 Å². The van der Waals surface area contributed by atoms with Crippen LogP contribution in [0.15, 0.2) is 111 Å². The molecule has 0 saturated heterocycles. The minimum Gasteiger partial charge on any atom is -0.858 e. The second kappa shape index (κ2) is 11.1. The molecule has 0 atom stereocenters. The fraction of sp³-hybridized carbons (Fsp3) is 0. The molecule has 0 aliphatic heterocycles. The lowest BCUT2D eigenvalue weighted by Crippen LogP contribution is -2.16. The van der Waals surface area contributed by atoms with Crippen molar-refractivity contribution in [3.8, 4) is 11.1 Å². The maximum absolute atomic E-state index is 12.3. The van der Waals surface area contributed by atoms with Crippen molar-refractivity contribution in [3.05, 3.63) is 124 Å². The highest BCUT2D eigenvalue weighted by atomic mass is 35.5. The predicted octanol–water partition coefficient (Wildman–Crippen LogP) is 6.95. The molecule has 2 aromatic heterocycles. The maximum atomic E-state index is 12.3. The summed E-state index contributed by atoms with van der Waals surface area (Å²) in [5.74, 6) is -0.839. The van der Waals surface area contributed by atoms with Gasteiger partial charge in [0, 0.05) is 16.3 Å². The molecule has 0 aliphatic carbocycles. The van der Waals surface area contributed by atoms with Gasteiger partial charge in [0.2, 0.25) is 0 Å². The Hall–Kier alpha value is -4.04. The Bertz CT molecular complexity index is 1810. The van der Waals surface area contributed by atoms with Crippen molar-refractivity contribution in [1.82, 2.24) is 4.98 Å². The highest BCUT2D eigenvalue weighted by Gasteiger charge is 2.12. The third-order valence-electron chi connectivity index (χ3n) is 5.65. The van der Waals surface area contributed by atoms with Gasteiger partial charge in [0.1, 0.15) is 4.21 Å². The van der Waals surface area contributed by atoms with Gasteiger partial charge >= 0.3 is 0 Å². The number of pyridine rings is 1. The van der Waals surface area contributed by atoms with Crippen molar-refractivity contribution in [2.45, 2.75) is 4.21 Å². The summed E-state index contributed by atoms with van der Waals surface area (Å²) in [4.78, 5) is 4.66. The Kier molecular flexibility index (Phi) is 7.51. The van der Waals surface area contributed by atoms with E-state index in [9.17, 15) is 13.5 Å². The van der Waals surface area contributed by atoms with Gasteiger partial charge in [-0.2, -0.15) is 12.8 Å². The first-order chi connectivity index (χ1) is 18.4. The molecule has 3 aromatic carbocycles. The minimum atomic E-state index is -4.01. The lowest BCUT2D eigenvalue weighted by Gasteiger charge is -2.09. The number of aromatic nitrogens is 1. The molecule has 0 saturated carbocycles. The van der Waals surface area contributed by atoms with Crippen molar-refractivity contribution < 1.29 is 13.5 Å². The number of fused-ring (bicyclic) bond motifs is 1. The van der Waals surface area contributed by atoms with E-state index in [-0.39, 0.29) is 4.21 Å². The summed E-state index contributed by atoms with van der Waals surface area (Å²) in [5.41, 5.74) is 5.22. The van der Waals surface area contributed by atoms with Gasteiger partial charge in [-0.25, -0.2) is 4.98 Å². The summed E-state index contributed by atoms with van der Waals surface area (Å²) < 4.78 is 27.9. The van der Waals surface area contributed by atoms with Gasteiger partial charge in [0.25, 0.3) is 10.0 Å². The summed E-state index contributed by atoms with van der Waals surface area (Å²) in [6, 6.07) is 28.2. The van der Waals surface area contributed by atoms with Crippen LogP contribution in [0.2, 0.25) is 5.02 Å². The van der Waals surface area contributed by atoms with Gasteiger partial charge < -0.3 is 5.11 Å². The Labute approximate surface area is 229 Å². The standard InChI is InChI=1S/C30H21ClN2O3S2/c31-25-14-11-23-12-16-26(32-28(23)20-25)15-10-21-5-3-7-24(19-21)27-8-2-1-6-22(27)13-17-29(34)33-38(35,36)30-9-4-18-37-30/h1-20H,(H,33,34)/p-1/b15-10+,17-13+. The molecule has 8 heteroatoms. The van der Waals surface area contributed by atoms with Crippen molar-refractivity contribution in [2.24, 2.45) is 4.40 Å². The van der Waals surface area contributed by atoms with Crippen molar-refractivity contribution in [2.75, 3.05) is 0 Å². The first kappa shape index (κ1) is 25.6. The molecule has 0 fully saturated rings. The molecule has 38 heavy (non-hydrogen) atoms. The lowest BCUT2D eigenvalue weighted by molar-refractivity contribution is -0.211. The zero-order chi connectivity index (χ0) is 26.5. The van der Waals surface area contributed by atoms with Crippen LogP contribution in [-0.2, 0) is 10.0 Å². The van der Waals surface area contributed by atoms with Crippen LogP contribution in [0.1, 0.15) is 16.8 Å². The van der Waals surface area contributed by atoms with E-state index in [2.05, 4.69) is 9.38 Å². The average Bonchev–Trinajstić information content (AvgIpc) is 3.47. The van der Waals surface area contributed by atoms with E-state index in [0.717, 1.165) is 50.2 Å². The zero-order valence-corrected chi connectivity index (χ0v) is 22.2. The van der Waals surface area contributed by atoms with E-state index in [1.165, 1.54) is 12.1 Å². The van der Waals surface area contributed by atoms with Gasteiger partial charge in [-0.3, -0.25) is 0 Å². The molecule has 0 aliphatic rings. The number of sulfonamides is 1. The summed E-state index contributed by atoms with van der Waals surface area (Å²) in [5, 5.41) is 15.6. The number of hydrogen-bond acceptors (Lipinski definition) is 5. The topological polar surface area (TPSA) is 82.5 Å². The summed E-state index contributed by atoms with van der Waals surface area (Å²) in [6.45, 7) is 0. The van der Waals surface area contributed by atoms with E-state index >= 15 is 0 Å². The normalized spacial score (nSPS) is 12.6. The van der Waals surface area contributed by atoms with Crippen molar-refractivity contribution in [3.63, 3.8) is 0 Å². The quantitative estimate of drug-likeness (QED) is 0.161. The summed E-state index contributed by atoms with van der Waals surface area (Å²) >= 11 is 7.13. The molecular formula is C30H20ClN2O3S2-. The van der Waals surface area contributed by atoms with Gasteiger partial charge in [-0.15, -0.1) is 11.3 Å². The van der Waals surface area contributed by atoms with Crippen LogP contribution >= 0.6 is 22.9 Å². The molecule has 5 aromatic rings. The fourth-order valence-electron chi connectivity index (χ4n) is 3.86. The Morgan fingerprint density at radius 2 is 1.74 bits per heavy atom. The largest absolute Gasteiger partial charge is 0.858 e. The molecule has 0 N–H and O–H groups in total. The fourth-order valence-corrected chi connectivity index (χ4v) is 5.88.